The monoisotopic (exact) mass is 288 g/mol. The normalized spacial score (nSPS) is 12.1. The summed E-state index contributed by atoms with van der Waals surface area (Å²) in [4.78, 5) is 17.0. The second-order valence-corrected chi connectivity index (χ2v) is 3.64. The second-order valence-electron chi connectivity index (χ2n) is 3.37. The Kier molecular flexibility index (Phi) is 5.09. The summed E-state index contributed by atoms with van der Waals surface area (Å²) in [5.74, 6) is -4.32. The lowest BCUT2D eigenvalue weighted by molar-refractivity contribution is -0.168. The highest BCUT2D eigenvalue weighted by molar-refractivity contribution is 6.16. The molecule has 0 atom stereocenters. The maximum atomic E-state index is 12.5. The summed E-state index contributed by atoms with van der Waals surface area (Å²) in [7, 11) is 0. The van der Waals surface area contributed by atoms with E-state index in [4.69, 9.17) is 11.6 Å². The molecule has 0 saturated carbocycles. The van der Waals surface area contributed by atoms with Gasteiger partial charge >= 0.3 is 12.3 Å². The predicted molar refractivity (Wildman–Crippen MR) is 55.0 cm³/mol. The number of H-pyrrole nitrogens is 1. The third-order valence-electron chi connectivity index (χ3n) is 1.83. The Hall–Kier alpha value is -1.15. The molecule has 0 amide bonds. The molecule has 1 aromatic heterocycles. The van der Waals surface area contributed by atoms with Gasteiger partial charge < -0.3 is 9.72 Å². The molecule has 1 heterocycles. The molecule has 18 heavy (non-hydrogen) atoms. The number of rotatable bonds is 6. The number of hydrogen-bond donors (Lipinski definition) is 1. The van der Waals surface area contributed by atoms with Crippen molar-refractivity contribution >= 4 is 11.6 Å². The van der Waals surface area contributed by atoms with Gasteiger partial charge in [0.05, 0.1) is 11.6 Å². The van der Waals surface area contributed by atoms with E-state index >= 15 is 0 Å². The number of nitrogens with one attached hydrogen (secondary N) is 1. The summed E-state index contributed by atoms with van der Waals surface area (Å²) in [6.45, 7) is -1.97. The zero-order valence-electron chi connectivity index (χ0n) is 8.93. The van der Waals surface area contributed by atoms with Gasteiger partial charge in [-0.2, -0.15) is 8.78 Å². The Morgan fingerprint density at radius 2 is 2.17 bits per heavy atom. The van der Waals surface area contributed by atoms with Crippen molar-refractivity contribution in [1.82, 2.24) is 9.97 Å². The average Bonchev–Trinajstić information content (AvgIpc) is 2.27. The maximum Gasteiger partial charge on any atom is 0.330 e. The molecule has 0 aliphatic carbocycles. The van der Waals surface area contributed by atoms with Crippen LogP contribution in [0, 0.1) is 0 Å². The molecule has 0 fully saturated rings. The van der Waals surface area contributed by atoms with Gasteiger partial charge in [0.15, 0.2) is 0 Å². The van der Waals surface area contributed by atoms with Gasteiger partial charge in [-0.3, -0.25) is 4.79 Å². The average molecular weight is 289 g/mol. The topological polar surface area (TPSA) is 55.0 Å². The first kappa shape index (κ1) is 14.9. The molecule has 0 aromatic carbocycles. The quantitative estimate of drug-likeness (QED) is 0.643. The molecular weight excluding hydrogens is 280 g/mol. The molecule has 0 radical (unpaired) electrons. The minimum atomic E-state index is -4.23. The zero-order chi connectivity index (χ0) is 13.8. The first-order chi connectivity index (χ1) is 8.35. The Balaban J connectivity index is 2.59. The molecule has 0 saturated heterocycles. The fourth-order valence-electron chi connectivity index (χ4n) is 1.05. The maximum absolute atomic E-state index is 12.5. The van der Waals surface area contributed by atoms with Crippen molar-refractivity contribution in [2.45, 2.75) is 24.8 Å². The molecule has 1 rings (SSSR count). The van der Waals surface area contributed by atoms with Crippen LogP contribution in [0.15, 0.2) is 10.9 Å². The van der Waals surface area contributed by atoms with E-state index in [-0.39, 0.29) is 17.4 Å². The van der Waals surface area contributed by atoms with E-state index in [2.05, 4.69) is 14.7 Å². The summed E-state index contributed by atoms with van der Waals surface area (Å²) in [6.07, 6.45) is -3.81. The summed E-state index contributed by atoms with van der Waals surface area (Å²) in [5, 5.41) is 0. The molecule has 1 N–H and O–H groups in total. The first-order valence-electron chi connectivity index (χ1n) is 4.74. The van der Waals surface area contributed by atoms with Gasteiger partial charge in [0.25, 0.3) is 5.56 Å². The van der Waals surface area contributed by atoms with Gasteiger partial charge in [-0.05, 0) is 0 Å². The van der Waals surface area contributed by atoms with Gasteiger partial charge in [-0.15, -0.1) is 11.6 Å². The number of hydrogen-bond acceptors (Lipinski definition) is 3. The van der Waals surface area contributed by atoms with E-state index in [1.165, 1.54) is 0 Å². The smallest absolute Gasteiger partial charge is 0.330 e. The Bertz CT molecular complexity index is 452. The van der Waals surface area contributed by atoms with E-state index < -0.39 is 31.1 Å². The van der Waals surface area contributed by atoms with Crippen LogP contribution in [0.25, 0.3) is 0 Å². The van der Waals surface area contributed by atoms with Gasteiger partial charge in [-0.25, -0.2) is 13.8 Å². The summed E-state index contributed by atoms with van der Waals surface area (Å²) >= 11 is 5.44. The predicted octanol–water partition coefficient (Wildman–Crippen LogP) is 1.93. The standard InChI is InChI=1S/C9H9ClF4N2O2/c10-2-5-1-7(17)16-6(15-5)3-18-4-9(13,14)8(11)12/h1,8H,2-4H2,(H,15,16,17). The van der Waals surface area contributed by atoms with Crippen LogP contribution in [0.1, 0.15) is 11.5 Å². The molecule has 0 aliphatic heterocycles. The molecule has 0 spiro atoms. The van der Waals surface area contributed by atoms with Crippen LogP contribution in [0.4, 0.5) is 17.6 Å². The van der Waals surface area contributed by atoms with Crippen molar-refractivity contribution in [3.63, 3.8) is 0 Å². The van der Waals surface area contributed by atoms with Gasteiger partial charge in [-0.1, -0.05) is 0 Å². The summed E-state index contributed by atoms with van der Waals surface area (Å²) in [5.41, 5.74) is -0.292. The highest BCUT2D eigenvalue weighted by Gasteiger charge is 2.40. The minimum Gasteiger partial charge on any atom is -0.367 e. The van der Waals surface area contributed by atoms with Crippen LogP contribution in [-0.4, -0.2) is 28.9 Å². The van der Waals surface area contributed by atoms with Gasteiger partial charge in [0.1, 0.15) is 19.0 Å². The molecular formula is C9H9ClF4N2O2. The van der Waals surface area contributed by atoms with Crippen molar-refractivity contribution in [3.05, 3.63) is 27.9 Å². The minimum absolute atomic E-state index is 0.0376. The van der Waals surface area contributed by atoms with Crippen molar-refractivity contribution in [1.29, 1.82) is 0 Å². The van der Waals surface area contributed by atoms with Crippen molar-refractivity contribution in [2.75, 3.05) is 6.61 Å². The molecule has 0 bridgehead atoms. The number of aromatic amines is 1. The molecule has 1 aromatic rings. The lowest BCUT2D eigenvalue weighted by atomic mass is 10.4. The van der Waals surface area contributed by atoms with Crippen LogP contribution >= 0.6 is 11.6 Å². The van der Waals surface area contributed by atoms with Gasteiger partial charge in [0, 0.05) is 6.07 Å². The number of ether oxygens (including phenoxy) is 1. The SMILES string of the molecule is O=c1cc(CCl)nc(COCC(F)(F)C(F)F)[nH]1. The van der Waals surface area contributed by atoms with Crippen LogP contribution in [0.3, 0.4) is 0 Å². The van der Waals surface area contributed by atoms with Crippen molar-refractivity contribution in [2.24, 2.45) is 0 Å². The van der Waals surface area contributed by atoms with Gasteiger partial charge in [0.2, 0.25) is 0 Å². The van der Waals surface area contributed by atoms with E-state index in [1.807, 2.05) is 0 Å². The Morgan fingerprint density at radius 3 is 2.72 bits per heavy atom. The van der Waals surface area contributed by atoms with Crippen molar-refractivity contribution in [3.8, 4) is 0 Å². The van der Waals surface area contributed by atoms with Crippen LogP contribution in [0.5, 0.6) is 0 Å². The largest absolute Gasteiger partial charge is 0.367 e. The number of nitrogens with zero attached hydrogens (tertiary/aromatic N) is 1. The van der Waals surface area contributed by atoms with Crippen LogP contribution in [-0.2, 0) is 17.2 Å². The summed E-state index contributed by atoms with van der Waals surface area (Å²) < 4.78 is 53.0. The van der Waals surface area contributed by atoms with E-state index in [9.17, 15) is 22.4 Å². The third-order valence-corrected chi connectivity index (χ3v) is 2.11. The Morgan fingerprint density at radius 1 is 1.50 bits per heavy atom. The fourth-order valence-corrected chi connectivity index (χ4v) is 1.18. The molecule has 102 valence electrons. The van der Waals surface area contributed by atoms with Crippen LogP contribution in [0.2, 0.25) is 0 Å². The molecule has 4 nitrogen and oxygen atoms in total. The summed E-state index contributed by atoms with van der Waals surface area (Å²) in [6, 6.07) is 1.13. The molecule has 9 heteroatoms. The first-order valence-corrected chi connectivity index (χ1v) is 5.27. The highest BCUT2D eigenvalue weighted by Crippen LogP contribution is 2.23. The lowest BCUT2D eigenvalue weighted by Crippen LogP contribution is -2.32. The highest BCUT2D eigenvalue weighted by atomic mass is 35.5. The molecule has 0 aliphatic rings. The molecule has 0 unspecified atom stereocenters. The Labute approximate surface area is 104 Å². The number of aromatic nitrogens is 2. The number of alkyl halides is 5. The lowest BCUT2D eigenvalue weighted by Gasteiger charge is -2.14. The van der Waals surface area contributed by atoms with E-state index in [1.54, 1.807) is 0 Å². The zero-order valence-corrected chi connectivity index (χ0v) is 9.69. The van der Waals surface area contributed by atoms with Crippen LogP contribution < -0.4 is 5.56 Å². The fraction of sp³-hybridized carbons (Fsp3) is 0.556. The second kappa shape index (κ2) is 6.14. The third kappa shape index (κ3) is 4.26. The van der Waals surface area contributed by atoms with Crippen molar-refractivity contribution < 1.29 is 22.3 Å². The van der Waals surface area contributed by atoms with E-state index in [0.29, 0.717) is 0 Å². The number of halogens is 5. The van der Waals surface area contributed by atoms with E-state index in [0.717, 1.165) is 6.07 Å².